The second-order valence-electron chi connectivity index (χ2n) is 9.12. The van der Waals surface area contributed by atoms with Crippen LogP contribution in [0.25, 0.3) is 0 Å². The van der Waals surface area contributed by atoms with Gasteiger partial charge >= 0.3 is 0 Å². The van der Waals surface area contributed by atoms with Crippen molar-refractivity contribution in [1.82, 2.24) is 4.90 Å². The summed E-state index contributed by atoms with van der Waals surface area (Å²) in [5, 5.41) is 4.78. The van der Waals surface area contributed by atoms with Gasteiger partial charge in [-0.25, -0.2) is 0 Å². The number of nitrogens with one attached hydrogen (secondary N) is 1. The van der Waals surface area contributed by atoms with Crippen LogP contribution in [0.15, 0.2) is 97.1 Å². The number of hydrogen-bond acceptors (Lipinski definition) is 3. The number of amides is 1. The lowest BCUT2D eigenvalue weighted by atomic mass is 9.98. The van der Waals surface area contributed by atoms with E-state index in [0.29, 0.717) is 29.6 Å². The van der Waals surface area contributed by atoms with Crippen molar-refractivity contribution in [3.8, 4) is 0 Å². The fraction of sp³-hybridized carbons (Fsp3) is 0.167. The lowest BCUT2D eigenvalue weighted by molar-refractivity contribution is -0.133. The minimum Gasteiger partial charge on any atom is -0.374 e. The molecule has 4 nitrogen and oxygen atoms in total. The number of hydrogen-bond donors (Lipinski definition) is 2. The van der Waals surface area contributed by atoms with E-state index < -0.39 is 6.04 Å². The Bertz CT molecular complexity index is 1320. The fourth-order valence-electron chi connectivity index (χ4n) is 4.70. The van der Waals surface area contributed by atoms with E-state index in [4.69, 9.17) is 28.9 Å². The molecule has 1 heterocycles. The molecule has 0 aromatic heterocycles. The molecular weight excluding hydrogens is 489 g/mol. The maximum absolute atomic E-state index is 13.1. The highest BCUT2D eigenvalue weighted by molar-refractivity contribution is 6.35. The van der Waals surface area contributed by atoms with Gasteiger partial charge in [0.1, 0.15) is 0 Å². The van der Waals surface area contributed by atoms with Crippen LogP contribution in [0.3, 0.4) is 0 Å². The zero-order valence-electron chi connectivity index (χ0n) is 19.7. The van der Waals surface area contributed by atoms with Crippen molar-refractivity contribution in [2.45, 2.75) is 31.6 Å². The number of benzene rings is 4. The molecule has 5 rings (SSSR count). The molecule has 36 heavy (non-hydrogen) atoms. The van der Waals surface area contributed by atoms with Crippen molar-refractivity contribution in [2.24, 2.45) is 5.73 Å². The first-order valence-electron chi connectivity index (χ1n) is 11.9. The molecule has 4 aromatic rings. The van der Waals surface area contributed by atoms with Crippen molar-refractivity contribution < 1.29 is 4.79 Å². The van der Waals surface area contributed by atoms with Crippen LogP contribution in [-0.4, -0.2) is 16.8 Å². The van der Waals surface area contributed by atoms with Gasteiger partial charge in [0.05, 0.1) is 12.1 Å². The summed E-state index contributed by atoms with van der Waals surface area (Å²) in [6.45, 7) is 1.09. The molecule has 6 heteroatoms. The maximum atomic E-state index is 13.1. The van der Waals surface area contributed by atoms with Crippen molar-refractivity contribution in [1.29, 1.82) is 0 Å². The molecule has 0 radical (unpaired) electrons. The van der Waals surface area contributed by atoms with Crippen molar-refractivity contribution in [3.05, 3.63) is 135 Å². The number of anilines is 1. The smallest absolute Gasteiger partial charge is 0.240 e. The Morgan fingerprint density at radius 3 is 2.11 bits per heavy atom. The minimum atomic E-state index is -0.670. The molecule has 0 fully saturated rings. The van der Waals surface area contributed by atoms with Gasteiger partial charge in [0.25, 0.3) is 0 Å². The van der Waals surface area contributed by atoms with Gasteiger partial charge in [0.15, 0.2) is 0 Å². The van der Waals surface area contributed by atoms with Gasteiger partial charge in [-0.1, -0.05) is 96.0 Å². The van der Waals surface area contributed by atoms with E-state index >= 15 is 0 Å². The quantitative estimate of drug-likeness (QED) is 0.291. The van der Waals surface area contributed by atoms with Gasteiger partial charge in [-0.2, -0.15) is 0 Å². The molecule has 0 saturated heterocycles. The number of nitrogens with zero attached hydrogens (tertiary/aromatic N) is 1. The van der Waals surface area contributed by atoms with E-state index in [1.54, 1.807) is 12.1 Å². The summed E-state index contributed by atoms with van der Waals surface area (Å²) in [5.41, 5.74) is 12.8. The average Bonchev–Trinajstić information content (AvgIpc) is 3.33. The molecule has 182 valence electrons. The van der Waals surface area contributed by atoms with Crippen LogP contribution >= 0.6 is 23.2 Å². The minimum absolute atomic E-state index is 0.0159. The standard InChI is InChI=1S/C30H27Cl2N3O/c31-25-13-11-22(27(32)17-25)16-28(33)30(36)35-18-23-12-14-26(15-24(23)19-35)34-29(20-7-3-1-4-8-20)21-9-5-2-6-10-21/h1-15,17,28-29,34H,16,18-19,33H2/t28-/m1/s1. The Hall–Kier alpha value is -3.31. The van der Waals surface area contributed by atoms with Gasteiger partial charge in [-0.05, 0) is 58.5 Å². The van der Waals surface area contributed by atoms with Crippen LogP contribution in [-0.2, 0) is 24.3 Å². The largest absolute Gasteiger partial charge is 0.374 e. The Labute approximate surface area is 221 Å². The topological polar surface area (TPSA) is 58.4 Å². The first kappa shape index (κ1) is 24.4. The van der Waals surface area contributed by atoms with E-state index in [2.05, 4.69) is 72.0 Å². The number of fused-ring (bicyclic) bond motifs is 1. The summed E-state index contributed by atoms with van der Waals surface area (Å²) in [5.74, 6) is -0.0850. The van der Waals surface area contributed by atoms with Gasteiger partial charge in [0, 0.05) is 28.8 Å². The third-order valence-electron chi connectivity index (χ3n) is 6.59. The Morgan fingerprint density at radius 2 is 1.47 bits per heavy atom. The SMILES string of the molecule is N[C@H](Cc1ccc(Cl)cc1Cl)C(=O)N1Cc2ccc(NC(c3ccccc3)c3ccccc3)cc2C1. The molecule has 3 N–H and O–H groups in total. The van der Waals surface area contributed by atoms with Crippen molar-refractivity contribution in [2.75, 3.05) is 5.32 Å². The monoisotopic (exact) mass is 515 g/mol. The van der Waals surface area contributed by atoms with Gasteiger partial charge in [0.2, 0.25) is 5.91 Å². The summed E-state index contributed by atoms with van der Waals surface area (Å²) in [4.78, 5) is 15.0. The maximum Gasteiger partial charge on any atom is 0.240 e. The number of nitrogens with two attached hydrogens (primary N) is 1. The van der Waals surface area contributed by atoms with Crippen molar-refractivity contribution in [3.63, 3.8) is 0 Å². The van der Waals surface area contributed by atoms with Crippen LogP contribution < -0.4 is 11.1 Å². The predicted molar refractivity (Wildman–Crippen MR) is 147 cm³/mol. The normalized spacial score (nSPS) is 13.5. The van der Waals surface area contributed by atoms with Gasteiger partial charge in [-0.3, -0.25) is 4.79 Å². The van der Waals surface area contributed by atoms with E-state index in [0.717, 1.165) is 22.4 Å². The second kappa shape index (κ2) is 10.8. The molecule has 1 atom stereocenters. The number of carbonyl (C=O) groups excluding carboxylic acids is 1. The van der Waals surface area contributed by atoms with Crippen LogP contribution in [0, 0.1) is 0 Å². The lowest BCUT2D eigenvalue weighted by Crippen LogP contribution is -2.42. The Morgan fingerprint density at radius 1 is 0.833 bits per heavy atom. The third kappa shape index (κ3) is 5.41. The Kier molecular flexibility index (Phi) is 7.28. The molecule has 0 bridgehead atoms. The molecule has 1 aliphatic heterocycles. The van der Waals surface area contributed by atoms with E-state index in [9.17, 15) is 4.79 Å². The molecule has 4 aromatic carbocycles. The first-order valence-corrected chi connectivity index (χ1v) is 12.7. The third-order valence-corrected chi connectivity index (χ3v) is 7.18. The summed E-state index contributed by atoms with van der Waals surface area (Å²) in [7, 11) is 0. The van der Waals surface area contributed by atoms with Gasteiger partial charge < -0.3 is 16.0 Å². The zero-order valence-corrected chi connectivity index (χ0v) is 21.2. The molecule has 1 amide bonds. The van der Waals surface area contributed by atoms with Gasteiger partial charge in [-0.15, -0.1) is 0 Å². The molecule has 0 unspecified atom stereocenters. The lowest BCUT2D eigenvalue weighted by Gasteiger charge is -2.21. The summed E-state index contributed by atoms with van der Waals surface area (Å²) in [6.07, 6.45) is 0.365. The second-order valence-corrected chi connectivity index (χ2v) is 9.97. The number of halogens is 2. The van der Waals surface area contributed by atoms with Crippen molar-refractivity contribution >= 4 is 34.8 Å². The molecule has 0 saturated carbocycles. The van der Waals surface area contributed by atoms with E-state index in [1.807, 2.05) is 23.1 Å². The first-order chi connectivity index (χ1) is 17.5. The van der Waals surface area contributed by atoms with E-state index in [-0.39, 0.29) is 11.9 Å². The Balaban J connectivity index is 1.30. The summed E-state index contributed by atoms with van der Waals surface area (Å²) < 4.78 is 0. The summed E-state index contributed by atoms with van der Waals surface area (Å²) >= 11 is 12.3. The zero-order chi connectivity index (χ0) is 25.1. The van der Waals surface area contributed by atoms with E-state index in [1.165, 1.54) is 11.1 Å². The number of rotatable bonds is 7. The fourth-order valence-corrected chi connectivity index (χ4v) is 5.19. The predicted octanol–water partition coefficient (Wildman–Crippen LogP) is 6.61. The highest BCUT2D eigenvalue weighted by Gasteiger charge is 2.28. The molecule has 0 spiro atoms. The number of carbonyl (C=O) groups is 1. The molecule has 0 aliphatic carbocycles. The average molecular weight is 516 g/mol. The highest BCUT2D eigenvalue weighted by Crippen LogP contribution is 2.31. The molecular formula is C30H27Cl2N3O. The van der Waals surface area contributed by atoms with Crippen LogP contribution in [0.2, 0.25) is 10.0 Å². The van der Waals surface area contributed by atoms with Crippen LogP contribution in [0.5, 0.6) is 0 Å². The molecule has 1 aliphatic rings. The summed E-state index contributed by atoms with van der Waals surface area (Å²) in [6, 6.07) is 31.7. The van der Waals surface area contributed by atoms with Crippen LogP contribution in [0.1, 0.15) is 33.9 Å². The highest BCUT2D eigenvalue weighted by atomic mass is 35.5. The van der Waals surface area contributed by atoms with Crippen LogP contribution in [0.4, 0.5) is 5.69 Å².